The molecule has 1 aromatic rings. The van der Waals surface area contributed by atoms with E-state index < -0.39 is 0 Å². The number of ether oxygens (including phenoxy) is 1. The fourth-order valence-corrected chi connectivity index (χ4v) is 3.19. The summed E-state index contributed by atoms with van der Waals surface area (Å²) < 4.78 is 5.26. The first-order valence-corrected chi connectivity index (χ1v) is 7.12. The number of para-hydroxylation sites is 2. The van der Waals surface area contributed by atoms with Gasteiger partial charge in [0.25, 0.3) is 0 Å². The maximum absolute atomic E-state index is 12.4. The average Bonchev–Trinajstić information content (AvgIpc) is 3.10. The van der Waals surface area contributed by atoms with Crippen LogP contribution in [0.2, 0.25) is 0 Å². The van der Waals surface area contributed by atoms with Gasteiger partial charge in [-0.15, -0.1) is 12.4 Å². The molecule has 2 aliphatic rings. The Kier molecular flexibility index (Phi) is 4.96. The quantitative estimate of drug-likeness (QED) is 0.881. The van der Waals surface area contributed by atoms with Crippen LogP contribution in [-0.2, 0) is 0 Å². The number of urea groups is 1. The molecule has 2 heterocycles. The number of carbonyl (C=O) groups is 1. The number of anilines is 1. The van der Waals surface area contributed by atoms with Crippen molar-refractivity contribution in [2.45, 2.75) is 12.8 Å². The summed E-state index contributed by atoms with van der Waals surface area (Å²) in [6, 6.07) is 7.47. The van der Waals surface area contributed by atoms with Gasteiger partial charge in [0.2, 0.25) is 0 Å². The Morgan fingerprint density at radius 1 is 1.38 bits per heavy atom. The number of amides is 2. The molecule has 0 aromatic heterocycles. The number of likely N-dealkylation sites (tertiary alicyclic amines) is 1. The van der Waals surface area contributed by atoms with Crippen LogP contribution in [0.5, 0.6) is 5.75 Å². The summed E-state index contributed by atoms with van der Waals surface area (Å²) >= 11 is 0. The highest BCUT2D eigenvalue weighted by Crippen LogP contribution is 2.36. The van der Waals surface area contributed by atoms with Crippen LogP contribution in [0.25, 0.3) is 0 Å². The molecule has 0 radical (unpaired) electrons. The Bertz CT molecular complexity index is 503. The molecule has 6 heteroatoms. The van der Waals surface area contributed by atoms with Gasteiger partial charge in [-0.05, 0) is 31.5 Å². The minimum absolute atomic E-state index is 0. The van der Waals surface area contributed by atoms with Crippen LogP contribution < -0.4 is 15.4 Å². The third kappa shape index (κ3) is 3.24. The second kappa shape index (κ2) is 6.54. The number of nitrogens with one attached hydrogen (secondary N) is 2. The van der Waals surface area contributed by atoms with E-state index >= 15 is 0 Å². The number of rotatable bonds is 2. The largest absolute Gasteiger partial charge is 0.495 e. The van der Waals surface area contributed by atoms with E-state index in [0.29, 0.717) is 11.2 Å². The number of halogens is 1. The Morgan fingerprint density at radius 3 is 2.90 bits per heavy atom. The minimum atomic E-state index is -0.0294. The Balaban J connectivity index is 0.00000161. The summed E-state index contributed by atoms with van der Waals surface area (Å²) in [6.07, 6.45) is 2.27. The Labute approximate surface area is 131 Å². The lowest BCUT2D eigenvalue weighted by Crippen LogP contribution is -2.36. The highest BCUT2D eigenvalue weighted by Gasteiger charge is 2.41. The molecule has 2 saturated heterocycles. The Hall–Kier alpha value is -1.46. The monoisotopic (exact) mass is 311 g/mol. The van der Waals surface area contributed by atoms with Crippen LogP contribution in [0.15, 0.2) is 24.3 Å². The molecule has 2 fully saturated rings. The smallest absolute Gasteiger partial charge is 0.321 e. The minimum Gasteiger partial charge on any atom is -0.495 e. The zero-order chi connectivity index (χ0) is 14.0. The van der Waals surface area contributed by atoms with Crippen molar-refractivity contribution in [3.63, 3.8) is 0 Å². The van der Waals surface area contributed by atoms with Crippen LogP contribution in [0, 0.1) is 5.41 Å². The molecule has 2 N–H and O–H groups in total. The van der Waals surface area contributed by atoms with Gasteiger partial charge in [0.1, 0.15) is 5.75 Å². The molecule has 0 aliphatic carbocycles. The van der Waals surface area contributed by atoms with Crippen LogP contribution in [-0.4, -0.2) is 44.2 Å². The first kappa shape index (κ1) is 15.9. The standard InChI is InChI=1S/C15H21N3O2.ClH/c1-20-13-5-3-2-4-12(13)17-14(19)18-9-7-15(11-18)6-8-16-10-15;/h2-5,16H,6-11H2,1H3,(H,17,19);1H. The zero-order valence-corrected chi connectivity index (χ0v) is 13.0. The maximum atomic E-state index is 12.4. The fraction of sp³-hybridized carbons (Fsp3) is 0.533. The first-order chi connectivity index (χ1) is 9.72. The van der Waals surface area contributed by atoms with Gasteiger partial charge < -0.3 is 20.3 Å². The summed E-state index contributed by atoms with van der Waals surface area (Å²) in [7, 11) is 1.61. The third-order valence-corrected chi connectivity index (χ3v) is 4.41. The van der Waals surface area contributed by atoms with E-state index in [4.69, 9.17) is 4.74 Å². The number of carbonyl (C=O) groups excluding carboxylic acids is 1. The van der Waals surface area contributed by atoms with Gasteiger partial charge in [-0.3, -0.25) is 0 Å². The number of benzene rings is 1. The number of hydrogen-bond donors (Lipinski definition) is 2. The molecule has 1 spiro atoms. The number of nitrogens with zero attached hydrogens (tertiary/aromatic N) is 1. The Morgan fingerprint density at radius 2 is 2.19 bits per heavy atom. The van der Waals surface area contributed by atoms with Gasteiger partial charge in [-0.1, -0.05) is 12.1 Å². The summed E-state index contributed by atoms with van der Waals surface area (Å²) in [6.45, 7) is 3.79. The summed E-state index contributed by atoms with van der Waals surface area (Å²) in [5.41, 5.74) is 1.03. The summed E-state index contributed by atoms with van der Waals surface area (Å²) in [5.74, 6) is 0.692. The molecule has 21 heavy (non-hydrogen) atoms. The number of methoxy groups -OCH3 is 1. The van der Waals surface area contributed by atoms with E-state index in [1.165, 1.54) is 6.42 Å². The number of hydrogen-bond acceptors (Lipinski definition) is 3. The van der Waals surface area contributed by atoms with E-state index in [0.717, 1.165) is 38.3 Å². The van der Waals surface area contributed by atoms with Crippen molar-refractivity contribution in [1.29, 1.82) is 0 Å². The lowest BCUT2D eigenvalue weighted by atomic mass is 9.87. The molecule has 2 aliphatic heterocycles. The van der Waals surface area contributed by atoms with E-state index in [-0.39, 0.29) is 18.4 Å². The molecule has 3 rings (SSSR count). The molecule has 116 valence electrons. The summed E-state index contributed by atoms with van der Waals surface area (Å²) in [5, 5.41) is 6.36. The van der Waals surface area contributed by atoms with E-state index in [2.05, 4.69) is 10.6 Å². The topological polar surface area (TPSA) is 53.6 Å². The third-order valence-electron chi connectivity index (χ3n) is 4.41. The fourth-order valence-electron chi connectivity index (χ4n) is 3.19. The molecule has 0 bridgehead atoms. The van der Waals surface area contributed by atoms with Crippen molar-refractivity contribution in [2.24, 2.45) is 5.41 Å². The zero-order valence-electron chi connectivity index (χ0n) is 12.2. The molecule has 1 unspecified atom stereocenters. The second-order valence-corrected chi connectivity index (χ2v) is 5.73. The molecule has 5 nitrogen and oxygen atoms in total. The van der Waals surface area contributed by atoms with Crippen molar-refractivity contribution in [3.05, 3.63) is 24.3 Å². The van der Waals surface area contributed by atoms with E-state index in [9.17, 15) is 4.79 Å². The first-order valence-electron chi connectivity index (χ1n) is 7.12. The van der Waals surface area contributed by atoms with Crippen molar-refractivity contribution in [2.75, 3.05) is 38.6 Å². The molecular weight excluding hydrogens is 290 g/mol. The van der Waals surface area contributed by atoms with Gasteiger partial charge in [-0.2, -0.15) is 0 Å². The van der Waals surface area contributed by atoms with Gasteiger partial charge in [0.05, 0.1) is 12.8 Å². The van der Waals surface area contributed by atoms with Crippen LogP contribution >= 0.6 is 12.4 Å². The highest BCUT2D eigenvalue weighted by atomic mass is 35.5. The predicted molar refractivity (Wildman–Crippen MR) is 85.4 cm³/mol. The van der Waals surface area contributed by atoms with Crippen LogP contribution in [0.4, 0.5) is 10.5 Å². The predicted octanol–water partition coefficient (Wildman–Crippen LogP) is 2.33. The highest BCUT2D eigenvalue weighted by molar-refractivity contribution is 5.91. The molecule has 1 atom stereocenters. The van der Waals surface area contributed by atoms with Crippen molar-refractivity contribution < 1.29 is 9.53 Å². The summed E-state index contributed by atoms with van der Waals surface area (Å²) in [4.78, 5) is 14.3. The van der Waals surface area contributed by atoms with Crippen molar-refractivity contribution >= 4 is 24.1 Å². The molecular formula is C15H22ClN3O2. The second-order valence-electron chi connectivity index (χ2n) is 5.73. The van der Waals surface area contributed by atoms with Crippen molar-refractivity contribution in [1.82, 2.24) is 10.2 Å². The lowest BCUT2D eigenvalue weighted by Gasteiger charge is -2.23. The molecule has 2 amide bonds. The van der Waals surface area contributed by atoms with E-state index in [1.807, 2.05) is 29.2 Å². The SMILES string of the molecule is COc1ccccc1NC(=O)N1CCC2(CCNC2)C1.Cl. The van der Waals surface area contributed by atoms with Gasteiger partial charge >= 0.3 is 6.03 Å². The molecule has 1 aromatic carbocycles. The van der Waals surface area contributed by atoms with Gasteiger partial charge in [-0.25, -0.2) is 4.79 Å². The van der Waals surface area contributed by atoms with Crippen LogP contribution in [0.1, 0.15) is 12.8 Å². The lowest BCUT2D eigenvalue weighted by molar-refractivity contribution is 0.215. The van der Waals surface area contributed by atoms with Gasteiger partial charge in [0, 0.05) is 25.0 Å². The normalized spacial score (nSPS) is 24.0. The van der Waals surface area contributed by atoms with E-state index in [1.54, 1.807) is 7.11 Å². The van der Waals surface area contributed by atoms with Gasteiger partial charge in [0.15, 0.2) is 0 Å². The maximum Gasteiger partial charge on any atom is 0.321 e. The molecule has 0 saturated carbocycles. The van der Waals surface area contributed by atoms with Crippen LogP contribution in [0.3, 0.4) is 0 Å². The average molecular weight is 312 g/mol. The van der Waals surface area contributed by atoms with Crippen molar-refractivity contribution in [3.8, 4) is 5.75 Å².